The Morgan fingerprint density at radius 2 is 1.78 bits per heavy atom. The van der Waals surface area contributed by atoms with Crippen LogP contribution in [0, 0.1) is 6.92 Å². The van der Waals surface area contributed by atoms with Crippen LogP contribution in [-0.4, -0.2) is 11.1 Å². The summed E-state index contributed by atoms with van der Waals surface area (Å²) in [5.41, 5.74) is 3.21. The zero-order valence-electron chi connectivity index (χ0n) is 15.0. The highest BCUT2D eigenvalue weighted by Crippen LogP contribution is 2.34. The Kier molecular flexibility index (Phi) is 4.44. The highest BCUT2D eigenvalue weighted by Gasteiger charge is 2.24. The third-order valence-electron chi connectivity index (χ3n) is 5.16. The van der Waals surface area contributed by atoms with E-state index >= 15 is 0 Å². The molecule has 1 heterocycles. The summed E-state index contributed by atoms with van der Waals surface area (Å²) >= 11 is 0. The second-order valence-corrected chi connectivity index (χ2v) is 6.87. The number of fused-ring (bicyclic) bond motifs is 3. The Hall–Kier alpha value is -3.08. The van der Waals surface area contributed by atoms with E-state index in [1.54, 1.807) is 37.3 Å². The first-order valence-electron chi connectivity index (χ1n) is 9.09. The third-order valence-corrected chi connectivity index (χ3v) is 5.16. The summed E-state index contributed by atoms with van der Waals surface area (Å²) in [6.45, 7) is 1.79. The minimum absolute atomic E-state index is 0.296. The molecule has 0 radical (unpaired) electrons. The summed E-state index contributed by atoms with van der Waals surface area (Å²) in [5, 5.41) is 10.5. The first-order valence-corrected chi connectivity index (χ1v) is 9.09. The molecule has 1 aliphatic carbocycles. The quantitative estimate of drug-likeness (QED) is 0.703. The molecule has 2 aromatic carbocycles. The maximum absolute atomic E-state index is 12.4. The minimum Gasteiger partial charge on any atom is -0.478 e. The molecule has 0 aliphatic heterocycles. The first kappa shape index (κ1) is 17.3. The molecule has 27 heavy (non-hydrogen) atoms. The van der Waals surface area contributed by atoms with E-state index in [1.807, 2.05) is 12.1 Å². The largest absolute Gasteiger partial charge is 0.478 e. The number of ether oxygens (including phenoxy) is 1. The van der Waals surface area contributed by atoms with Gasteiger partial charge in [-0.3, -0.25) is 0 Å². The van der Waals surface area contributed by atoms with Crippen LogP contribution in [0.1, 0.15) is 41.2 Å². The van der Waals surface area contributed by atoms with E-state index in [-0.39, 0.29) is 5.63 Å². The number of hydrogen-bond acceptors (Lipinski definition) is 4. The molecule has 3 aromatic rings. The Morgan fingerprint density at radius 3 is 2.48 bits per heavy atom. The van der Waals surface area contributed by atoms with Crippen molar-refractivity contribution in [2.75, 3.05) is 0 Å². The summed E-state index contributed by atoms with van der Waals surface area (Å²) in [6, 6.07) is 12.4. The molecular formula is C22H20O5. The summed E-state index contributed by atoms with van der Waals surface area (Å²) in [5.74, 6) is -0.676. The van der Waals surface area contributed by atoms with Crippen LogP contribution in [0.4, 0.5) is 0 Å². The molecule has 0 bridgehead atoms. The van der Waals surface area contributed by atoms with Gasteiger partial charge in [0.2, 0.25) is 6.10 Å². The summed E-state index contributed by atoms with van der Waals surface area (Å²) in [4.78, 5) is 24.1. The number of carbonyl (C=O) groups is 1. The molecular weight excluding hydrogens is 344 g/mol. The molecule has 5 heteroatoms. The van der Waals surface area contributed by atoms with Gasteiger partial charge in [-0.25, -0.2) is 9.59 Å². The van der Waals surface area contributed by atoms with Crippen molar-refractivity contribution >= 4 is 16.9 Å². The molecule has 0 saturated heterocycles. The number of carboxylic acid groups (broad SMARTS) is 1. The van der Waals surface area contributed by atoms with E-state index in [0.29, 0.717) is 22.5 Å². The second kappa shape index (κ2) is 6.91. The SMILES string of the molecule is Cc1c(OC(C(=O)O)c2ccccc2)ccc2c3c(c(=O)oc12)CCCC3. The van der Waals surface area contributed by atoms with Crippen molar-refractivity contribution in [1.82, 2.24) is 0 Å². The fourth-order valence-electron chi connectivity index (χ4n) is 3.77. The predicted octanol–water partition coefficient (Wildman–Crippen LogP) is 4.18. The molecule has 1 atom stereocenters. The van der Waals surface area contributed by atoms with Crippen molar-refractivity contribution in [2.24, 2.45) is 0 Å². The lowest BCUT2D eigenvalue weighted by Gasteiger charge is -2.20. The Balaban J connectivity index is 1.80. The van der Waals surface area contributed by atoms with Crippen molar-refractivity contribution < 1.29 is 19.1 Å². The minimum atomic E-state index is -1.13. The van der Waals surface area contributed by atoms with Gasteiger partial charge in [-0.1, -0.05) is 30.3 Å². The van der Waals surface area contributed by atoms with E-state index in [1.165, 1.54) is 0 Å². The van der Waals surface area contributed by atoms with Crippen LogP contribution in [0.25, 0.3) is 11.0 Å². The van der Waals surface area contributed by atoms with Crippen LogP contribution < -0.4 is 10.4 Å². The van der Waals surface area contributed by atoms with Crippen LogP contribution in [0.2, 0.25) is 0 Å². The van der Waals surface area contributed by atoms with Gasteiger partial charge in [0, 0.05) is 22.1 Å². The van der Waals surface area contributed by atoms with E-state index in [0.717, 1.165) is 42.2 Å². The van der Waals surface area contributed by atoms with Gasteiger partial charge in [0.05, 0.1) is 0 Å². The van der Waals surface area contributed by atoms with Crippen LogP contribution in [0.3, 0.4) is 0 Å². The first-order chi connectivity index (χ1) is 13.1. The number of rotatable bonds is 4. The van der Waals surface area contributed by atoms with Gasteiger partial charge in [0.25, 0.3) is 0 Å². The molecule has 1 unspecified atom stereocenters. The standard InChI is InChI=1S/C22H20O5/c1-13-18(26-20(21(23)24)14-7-3-2-4-8-14)12-11-16-15-9-5-6-10-17(15)22(25)27-19(13)16/h2-4,7-8,11-12,20H,5-6,9-10H2,1H3,(H,23,24). The van der Waals surface area contributed by atoms with E-state index < -0.39 is 12.1 Å². The number of carboxylic acids is 1. The highest BCUT2D eigenvalue weighted by molar-refractivity contribution is 5.86. The Labute approximate surface area is 156 Å². The van der Waals surface area contributed by atoms with Crippen molar-refractivity contribution in [3.05, 3.63) is 75.1 Å². The second-order valence-electron chi connectivity index (χ2n) is 6.87. The highest BCUT2D eigenvalue weighted by atomic mass is 16.5. The Bertz CT molecular complexity index is 1070. The van der Waals surface area contributed by atoms with Gasteiger partial charge in [-0.05, 0) is 50.3 Å². The summed E-state index contributed by atoms with van der Waals surface area (Å²) in [7, 11) is 0. The van der Waals surface area contributed by atoms with Gasteiger partial charge >= 0.3 is 11.6 Å². The molecule has 1 aliphatic rings. The molecule has 0 spiro atoms. The monoisotopic (exact) mass is 364 g/mol. The van der Waals surface area contributed by atoms with Gasteiger partial charge in [0.1, 0.15) is 11.3 Å². The maximum Gasteiger partial charge on any atom is 0.349 e. The fourth-order valence-corrected chi connectivity index (χ4v) is 3.77. The van der Waals surface area contributed by atoms with Crippen LogP contribution in [0.5, 0.6) is 5.75 Å². The zero-order chi connectivity index (χ0) is 19.0. The molecule has 0 saturated carbocycles. The molecule has 138 valence electrons. The number of aliphatic carboxylic acids is 1. The normalized spacial score (nSPS) is 14.6. The van der Waals surface area contributed by atoms with Crippen LogP contribution >= 0.6 is 0 Å². The van der Waals surface area contributed by atoms with Gasteiger partial charge in [0.15, 0.2) is 0 Å². The molecule has 5 nitrogen and oxygen atoms in total. The van der Waals surface area contributed by atoms with Crippen molar-refractivity contribution in [1.29, 1.82) is 0 Å². The van der Waals surface area contributed by atoms with E-state index in [4.69, 9.17) is 9.15 Å². The van der Waals surface area contributed by atoms with Crippen molar-refractivity contribution in [2.45, 2.75) is 38.7 Å². The maximum atomic E-state index is 12.4. The summed E-state index contributed by atoms with van der Waals surface area (Å²) < 4.78 is 11.4. The number of benzene rings is 2. The molecule has 0 fully saturated rings. The lowest BCUT2D eigenvalue weighted by Crippen LogP contribution is -2.19. The molecule has 4 rings (SSSR count). The smallest absolute Gasteiger partial charge is 0.349 e. The number of hydrogen-bond donors (Lipinski definition) is 1. The molecule has 1 N–H and O–H groups in total. The average Bonchev–Trinajstić information content (AvgIpc) is 2.69. The lowest BCUT2D eigenvalue weighted by molar-refractivity contribution is -0.145. The van der Waals surface area contributed by atoms with Crippen LogP contribution in [0.15, 0.2) is 51.7 Å². The van der Waals surface area contributed by atoms with Crippen molar-refractivity contribution in [3.8, 4) is 5.75 Å². The van der Waals surface area contributed by atoms with Crippen LogP contribution in [-0.2, 0) is 17.6 Å². The van der Waals surface area contributed by atoms with E-state index in [9.17, 15) is 14.7 Å². The average molecular weight is 364 g/mol. The Morgan fingerprint density at radius 1 is 1.07 bits per heavy atom. The fraction of sp³-hybridized carbons (Fsp3) is 0.273. The number of aryl methyl sites for hydroxylation is 2. The molecule has 0 amide bonds. The summed E-state index contributed by atoms with van der Waals surface area (Å²) in [6.07, 6.45) is 2.53. The zero-order valence-corrected chi connectivity index (χ0v) is 15.0. The lowest BCUT2D eigenvalue weighted by atomic mass is 9.90. The van der Waals surface area contributed by atoms with Crippen molar-refractivity contribution in [3.63, 3.8) is 0 Å². The molecule has 1 aromatic heterocycles. The van der Waals surface area contributed by atoms with Gasteiger partial charge < -0.3 is 14.3 Å². The third kappa shape index (κ3) is 3.10. The predicted molar refractivity (Wildman–Crippen MR) is 101 cm³/mol. The topological polar surface area (TPSA) is 76.7 Å². The van der Waals surface area contributed by atoms with Gasteiger partial charge in [-0.15, -0.1) is 0 Å². The van der Waals surface area contributed by atoms with E-state index in [2.05, 4.69) is 0 Å². The van der Waals surface area contributed by atoms with Gasteiger partial charge in [-0.2, -0.15) is 0 Å².